The van der Waals surface area contributed by atoms with Gasteiger partial charge in [-0.3, -0.25) is 24.7 Å². The van der Waals surface area contributed by atoms with Gasteiger partial charge in [0.1, 0.15) is 5.69 Å². The van der Waals surface area contributed by atoms with Crippen LogP contribution in [-0.4, -0.2) is 27.9 Å². The number of nitrogens with zero attached hydrogens (tertiary/aromatic N) is 2. The standard InChI is InChI=1S/C9H13N3O4/c1-6-8(12(14)15)9(13)10-11(6)7-3-2-4-16-5-7/h7H,2-5H2,1H3,(H,10,13). The predicted molar refractivity (Wildman–Crippen MR) is 55.5 cm³/mol. The van der Waals surface area contributed by atoms with E-state index in [2.05, 4.69) is 5.10 Å². The van der Waals surface area contributed by atoms with Crippen molar-refractivity contribution in [2.45, 2.75) is 25.8 Å². The lowest BCUT2D eigenvalue weighted by atomic mass is 10.1. The molecule has 2 rings (SSSR count). The highest BCUT2D eigenvalue weighted by atomic mass is 16.6. The highest BCUT2D eigenvalue weighted by Gasteiger charge is 2.26. The van der Waals surface area contributed by atoms with Crippen molar-refractivity contribution in [1.82, 2.24) is 9.78 Å². The summed E-state index contributed by atoms with van der Waals surface area (Å²) in [6.45, 7) is 2.77. The summed E-state index contributed by atoms with van der Waals surface area (Å²) in [5.41, 5.74) is -0.649. The number of nitrogens with one attached hydrogen (secondary N) is 1. The molecular weight excluding hydrogens is 214 g/mol. The second-order valence-corrected chi connectivity index (χ2v) is 3.87. The SMILES string of the molecule is Cc1c([N+](=O)[O-])c(=O)[nH]n1C1CCCOC1. The van der Waals surface area contributed by atoms with E-state index in [0.717, 1.165) is 12.8 Å². The van der Waals surface area contributed by atoms with Crippen molar-refractivity contribution < 1.29 is 9.66 Å². The third kappa shape index (κ3) is 1.73. The highest BCUT2D eigenvalue weighted by Crippen LogP contribution is 2.22. The monoisotopic (exact) mass is 227 g/mol. The van der Waals surface area contributed by atoms with Gasteiger partial charge in [0.05, 0.1) is 17.6 Å². The predicted octanol–water partition coefficient (Wildman–Crippen LogP) is 0.745. The van der Waals surface area contributed by atoms with Gasteiger partial charge in [0.2, 0.25) is 0 Å². The van der Waals surface area contributed by atoms with Crippen LogP contribution in [0.5, 0.6) is 0 Å². The Morgan fingerprint density at radius 2 is 2.38 bits per heavy atom. The summed E-state index contributed by atoms with van der Waals surface area (Å²) in [4.78, 5) is 21.4. The molecule has 0 radical (unpaired) electrons. The minimum Gasteiger partial charge on any atom is -0.379 e. The van der Waals surface area contributed by atoms with Crippen molar-refractivity contribution in [3.8, 4) is 0 Å². The maximum atomic E-state index is 11.4. The lowest BCUT2D eigenvalue weighted by Crippen LogP contribution is -2.23. The Morgan fingerprint density at radius 3 is 2.88 bits per heavy atom. The number of nitro groups is 1. The minimum absolute atomic E-state index is 0.00449. The van der Waals surface area contributed by atoms with Crippen LogP contribution in [-0.2, 0) is 4.74 Å². The largest absolute Gasteiger partial charge is 0.379 e. The fourth-order valence-electron chi connectivity index (χ4n) is 2.03. The molecule has 1 atom stereocenters. The first-order chi connectivity index (χ1) is 7.61. The van der Waals surface area contributed by atoms with Crippen LogP contribution in [0.25, 0.3) is 0 Å². The number of H-pyrrole nitrogens is 1. The minimum atomic E-state index is -0.645. The quantitative estimate of drug-likeness (QED) is 0.596. The van der Waals surface area contributed by atoms with Gasteiger partial charge in [0.25, 0.3) is 0 Å². The molecule has 1 aromatic rings. The van der Waals surface area contributed by atoms with E-state index in [-0.39, 0.29) is 11.7 Å². The summed E-state index contributed by atoms with van der Waals surface area (Å²) in [6, 6.07) is -0.00449. The zero-order valence-corrected chi connectivity index (χ0v) is 8.93. The maximum absolute atomic E-state index is 11.4. The Morgan fingerprint density at radius 1 is 1.62 bits per heavy atom. The van der Waals surface area contributed by atoms with E-state index in [0.29, 0.717) is 18.9 Å². The molecule has 7 heteroatoms. The number of hydrogen-bond donors (Lipinski definition) is 1. The molecule has 1 unspecified atom stereocenters. The molecule has 0 spiro atoms. The van der Waals surface area contributed by atoms with Gasteiger partial charge in [-0.1, -0.05) is 0 Å². The van der Waals surface area contributed by atoms with Crippen LogP contribution in [0.2, 0.25) is 0 Å². The van der Waals surface area contributed by atoms with Gasteiger partial charge in [-0.25, -0.2) is 0 Å². The van der Waals surface area contributed by atoms with Crippen molar-refractivity contribution in [3.63, 3.8) is 0 Å². The Bertz CT molecular complexity index is 456. The van der Waals surface area contributed by atoms with Gasteiger partial charge >= 0.3 is 11.2 Å². The average molecular weight is 227 g/mol. The fraction of sp³-hybridized carbons (Fsp3) is 0.667. The van der Waals surface area contributed by atoms with Crippen molar-refractivity contribution in [2.75, 3.05) is 13.2 Å². The van der Waals surface area contributed by atoms with E-state index in [1.165, 1.54) is 0 Å². The highest BCUT2D eigenvalue weighted by molar-refractivity contribution is 5.32. The lowest BCUT2D eigenvalue weighted by Gasteiger charge is -2.23. The van der Waals surface area contributed by atoms with Crippen molar-refractivity contribution in [3.05, 3.63) is 26.2 Å². The van der Waals surface area contributed by atoms with Crippen LogP contribution in [0, 0.1) is 17.0 Å². The molecule has 0 aliphatic carbocycles. The van der Waals surface area contributed by atoms with Gasteiger partial charge < -0.3 is 4.74 Å². The molecule has 2 heterocycles. The van der Waals surface area contributed by atoms with Crippen LogP contribution in [0.3, 0.4) is 0 Å². The van der Waals surface area contributed by atoms with Crippen LogP contribution in [0.15, 0.2) is 4.79 Å². The van der Waals surface area contributed by atoms with E-state index >= 15 is 0 Å². The third-order valence-electron chi connectivity index (χ3n) is 2.83. The number of hydrogen-bond acceptors (Lipinski definition) is 4. The second kappa shape index (κ2) is 4.09. The van der Waals surface area contributed by atoms with Crippen LogP contribution in [0.4, 0.5) is 5.69 Å². The Balaban J connectivity index is 2.38. The number of rotatable bonds is 2. The van der Waals surface area contributed by atoms with Crippen LogP contribution in [0.1, 0.15) is 24.6 Å². The van der Waals surface area contributed by atoms with Crippen molar-refractivity contribution >= 4 is 5.69 Å². The summed E-state index contributed by atoms with van der Waals surface area (Å²) < 4.78 is 6.84. The van der Waals surface area contributed by atoms with Crippen molar-refractivity contribution in [1.29, 1.82) is 0 Å². The molecule has 0 aromatic carbocycles. The summed E-state index contributed by atoms with van der Waals surface area (Å²) in [5.74, 6) is 0. The van der Waals surface area contributed by atoms with Crippen molar-refractivity contribution in [2.24, 2.45) is 0 Å². The molecule has 0 saturated carbocycles. The smallest absolute Gasteiger partial charge is 0.355 e. The Kier molecular flexibility index (Phi) is 2.78. The Labute approximate surface area is 91.2 Å². The van der Waals surface area contributed by atoms with Gasteiger partial charge in [0.15, 0.2) is 0 Å². The first-order valence-corrected chi connectivity index (χ1v) is 5.14. The molecule has 7 nitrogen and oxygen atoms in total. The van der Waals surface area contributed by atoms with Crippen LogP contribution >= 0.6 is 0 Å². The molecule has 88 valence electrons. The summed E-state index contributed by atoms with van der Waals surface area (Å²) in [5, 5.41) is 13.2. The lowest BCUT2D eigenvalue weighted by molar-refractivity contribution is -0.386. The molecular formula is C9H13N3O4. The van der Waals surface area contributed by atoms with E-state index < -0.39 is 10.5 Å². The summed E-state index contributed by atoms with van der Waals surface area (Å²) >= 11 is 0. The molecule has 1 aromatic heterocycles. The first-order valence-electron chi connectivity index (χ1n) is 5.14. The molecule has 1 aliphatic heterocycles. The average Bonchev–Trinajstić information content (AvgIpc) is 2.55. The van der Waals surface area contributed by atoms with Gasteiger partial charge in [-0.15, -0.1) is 0 Å². The second-order valence-electron chi connectivity index (χ2n) is 3.87. The third-order valence-corrected chi connectivity index (χ3v) is 2.83. The van der Waals surface area contributed by atoms with E-state index in [9.17, 15) is 14.9 Å². The summed E-state index contributed by atoms with van der Waals surface area (Å²) in [7, 11) is 0. The molecule has 1 N–H and O–H groups in total. The fourth-order valence-corrected chi connectivity index (χ4v) is 2.03. The Hall–Kier alpha value is -1.63. The number of aromatic amines is 1. The topological polar surface area (TPSA) is 90.2 Å². The van der Waals surface area contributed by atoms with E-state index in [1.54, 1.807) is 11.6 Å². The van der Waals surface area contributed by atoms with Gasteiger partial charge in [-0.05, 0) is 19.8 Å². The molecule has 1 saturated heterocycles. The van der Waals surface area contributed by atoms with E-state index in [1.807, 2.05) is 0 Å². The summed E-state index contributed by atoms with van der Waals surface area (Å²) in [6.07, 6.45) is 1.76. The maximum Gasteiger partial charge on any atom is 0.355 e. The normalized spacial score (nSPS) is 20.9. The van der Waals surface area contributed by atoms with Gasteiger partial charge in [-0.2, -0.15) is 0 Å². The zero-order chi connectivity index (χ0) is 11.7. The van der Waals surface area contributed by atoms with Gasteiger partial charge in [0, 0.05) is 6.61 Å². The molecule has 16 heavy (non-hydrogen) atoms. The number of ether oxygens (including phenoxy) is 1. The number of aromatic nitrogens is 2. The van der Waals surface area contributed by atoms with E-state index in [4.69, 9.17) is 4.74 Å². The first kappa shape index (κ1) is 10.9. The molecule has 0 bridgehead atoms. The zero-order valence-electron chi connectivity index (χ0n) is 8.93. The molecule has 0 amide bonds. The molecule has 1 aliphatic rings. The van der Waals surface area contributed by atoms with Crippen LogP contribution < -0.4 is 5.56 Å². The molecule has 1 fully saturated rings.